The molecular weight excluding hydrogens is 362 g/mol. The molecule has 0 fully saturated rings. The fourth-order valence-corrected chi connectivity index (χ4v) is 3.48. The predicted octanol–water partition coefficient (Wildman–Crippen LogP) is 3.67. The molecule has 3 aromatic carbocycles. The van der Waals surface area contributed by atoms with Crippen molar-refractivity contribution in [3.8, 4) is 0 Å². The lowest BCUT2D eigenvalue weighted by molar-refractivity contribution is 0.0495. The van der Waals surface area contributed by atoms with Crippen LogP contribution in [0, 0.1) is 0 Å². The van der Waals surface area contributed by atoms with Crippen LogP contribution in [0.1, 0.15) is 34.8 Å². The van der Waals surface area contributed by atoms with E-state index in [1.807, 2.05) is 36.4 Å². The molecule has 0 saturated carbocycles. The van der Waals surface area contributed by atoms with Crippen molar-refractivity contribution in [2.45, 2.75) is 38.3 Å². The highest BCUT2D eigenvalue weighted by atomic mass is 16.3. The van der Waals surface area contributed by atoms with Crippen LogP contribution in [0.5, 0.6) is 0 Å². The van der Waals surface area contributed by atoms with Crippen molar-refractivity contribution in [2.24, 2.45) is 0 Å². The van der Waals surface area contributed by atoms with Crippen molar-refractivity contribution in [3.63, 3.8) is 0 Å². The van der Waals surface area contributed by atoms with E-state index in [0.29, 0.717) is 6.54 Å². The van der Waals surface area contributed by atoms with Gasteiger partial charge in [-0.15, -0.1) is 0 Å². The van der Waals surface area contributed by atoms with Crippen molar-refractivity contribution < 1.29 is 15.3 Å². The second-order valence-corrected chi connectivity index (χ2v) is 7.45. The van der Waals surface area contributed by atoms with Crippen LogP contribution in [0.4, 0.5) is 0 Å². The monoisotopic (exact) mass is 391 g/mol. The molecule has 4 nitrogen and oxygen atoms in total. The molecule has 0 saturated heterocycles. The predicted molar refractivity (Wildman–Crippen MR) is 115 cm³/mol. The highest BCUT2D eigenvalue weighted by Gasteiger charge is 2.18. The molecule has 152 valence electrons. The highest BCUT2D eigenvalue weighted by Crippen LogP contribution is 2.20. The largest absolute Gasteiger partial charge is 0.392 e. The molecule has 0 aromatic heterocycles. The first kappa shape index (κ1) is 21.2. The highest BCUT2D eigenvalue weighted by molar-refractivity contribution is 5.24. The summed E-state index contributed by atoms with van der Waals surface area (Å²) in [6.07, 6.45) is -1.14. The lowest BCUT2D eigenvalue weighted by atomic mass is 10.0. The smallest absolute Gasteiger partial charge is 0.0815 e. The Kier molecular flexibility index (Phi) is 7.96. The molecule has 0 amide bonds. The summed E-state index contributed by atoms with van der Waals surface area (Å²) in [4.78, 5) is 2.21. The Morgan fingerprint density at radius 2 is 1.17 bits per heavy atom. The molecular formula is C25H29NO3. The van der Waals surface area contributed by atoms with Gasteiger partial charge in [0.15, 0.2) is 0 Å². The third-order valence-corrected chi connectivity index (χ3v) is 5.01. The van der Waals surface area contributed by atoms with Crippen LogP contribution in [0.2, 0.25) is 0 Å². The summed E-state index contributed by atoms with van der Waals surface area (Å²) in [5.41, 5.74) is 3.93. The van der Waals surface area contributed by atoms with Gasteiger partial charge in [-0.1, -0.05) is 84.9 Å². The van der Waals surface area contributed by atoms with Crippen molar-refractivity contribution in [1.82, 2.24) is 4.90 Å². The fourth-order valence-electron chi connectivity index (χ4n) is 3.48. The minimum Gasteiger partial charge on any atom is -0.392 e. The minimum atomic E-state index is -0.743. The van der Waals surface area contributed by atoms with Gasteiger partial charge < -0.3 is 15.3 Å². The maximum absolute atomic E-state index is 10.7. The van der Waals surface area contributed by atoms with Crippen LogP contribution in [0.15, 0.2) is 84.9 Å². The van der Waals surface area contributed by atoms with Gasteiger partial charge in [-0.25, -0.2) is 0 Å². The molecule has 0 spiro atoms. The summed E-state index contributed by atoms with van der Waals surface area (Å²) in [5.74, 6) is 0. The first-order chi connectivity index (χ1) is 14.1. The fraction of sp³-hybridized carbons (Fsp3) is 0.280. The molecule has 0 unspecified atom stereocenters. The average Bonchev–Trinajstić information content (AvgIpc) is 2.75. The first-order valence-corrected chi connectivity index (χ1v) is 10.00. The maximum atomic E-state index is 10.7. The molecule has 0 aliphatic carbocycles. The quantitative estimate of drug-likeness (QED) is 0.493. The number of hydrogen-bond acceptors (Lipinski definition) is 4. The number of rotatable bonds is 10. The van der Waals surface area contributed by atoms with E-state index in [9.17, 15) is 10.2 Å². The summed E-state index contributed by atoms with van der Waals surface area (Å²) in [5, 5.41) is 30.3. The second kappa shape index (κ2) is 10.9. The van der Waals surface area contributed by atoms with Crippen LogP contribution in [-0.4, -0.2) is 32.9 Å². The summed E-state index contributed by atoms with van der Waals surface area (Å²) in [6.45, 7) is 1.91. The van der Waals surface area contributed by atoms with Crippen molar-refractivity contribution in [1.29, 1.82) is 0 Å². The zero-order chi connectivity index (χ0) is 20.5. The Balaban J connectivity index is 1.63. The zero-order valence-corrected chi connectivity index (χ0v) is 16.6. The van der Waals surface area contributed by atoms with Crippen LogP contribution >= 0.6 is 0 Å². The number of benzene rings is 3. The van der Waals surface area contributed by atoms with Crippen LogP contribution in [0.3, 0.4) is 0 Å². The maximum Gasteiger partial charge on any atom is 0.0815 e. The lowest BCUT2D eigenvalue weighted by Crippen LogP contribution is -2.32. The van der Waals surface area contributed by atoms with Gasteiger partial charge in [0.25, 0.3) is 0 Å². The second-order valence-electron chi connectivity index (χ2n) is 7.45. The Morgan fingerprint density at radius 3 is 1.66 bits per heavy atom. The van der Waals surface area contributed by atoms with Gasteiger partial charge in [0.1, 0.15) is 0 Å². The zero-order valence-electron chi connectivity index (χ0n) is 16.6. The molecule has 0 aliphatic heterocycles. The molecule has 0 radical (unpaired) electrons. The molecule has 2 atom stereocenters. The van der Waals surface area contributed by atoms with Crippen LogP contribution in [0.25, 0.3) is 0 Å². The molecule has 3 rings (SSSR count). The van der Waals surface area contributed by atoms with E-state index < -0.39 is 12.2 Å². The number of aliphatic hydroxyl groups excluding tert-OH is 3. The van der Waals surface area contributed by atoms with E-state index in [1.54, 1.807) is 24.3 Å². The van der Waals surface area contributed by atoms with E-state index in [1.165, 1.54) is 11.1 Å². The average molecular weight is 392 g/mol. The molecule has 3 aromatic rings. The first-order valence-electron chi connectivity index (χ1n) is 10.00. The Labute approximate surface area is 172 Å². The molecule has 4 heteroatoms. The third kappa shape index (κ3) is 6.80. The van der Waals surface area contributed by atoms with E-state index in [4.69, 9.17) is 5.11 Å². The van der Waals surface area contributed by atoms with E-state index >= 15 is 0 Å². The summed E-state index contributed by atoms with van der Waals surface area (Å²) < 4.78 is 0. The van der Waals surface area contributed by atoms with Gasteiger partial charge in [0.2, 0.25) is 0 Å². The van der Waals surface area contributed by atoms with E-state index in [0.717, 1.165) is 24.2 Å². The van der Waals surface area contributed by atoms with Gasteiger partial charge in [0, 0.05) is 26.1 Å². The van der Waals surface area contributed by atoms with Crippen LogP contribution < -0.4 is 0 Å². The minimum absolute atomic E-state index is 0.0209. The number of hydrogen-bond donors (Lipinski definition) is 3. The summed E-state index contributed by atoms with van der Waals surface area (Å²) in [6, 6.07) is 27.6. The van der Waals surface area contributed by atoms with Crippen molar-refractivity contribution in [3.05, 3.63) is 107 Å². The lowest BCUT2D eigenvalue weighted by Gasteiger charge is -2.26. The van der Waals surface area contributed by atoms with E-state index in [2.05, 4.69) is 29.2 Å². The Bertz CT molecular complexity index is 795. The third-order valence-electron chi connectivity index (χ3n) is 5.01. The number of nitrogens with zero attached hydrogens (tertiary/aromatic N) is 1. The topological polar surface area (TPSA) is 63.9 Å². The standard InChI is InChI=1S/C25H29NO3/c27-19-22-11-13-23(14-12-22)25(29)15-24(28)18-26(16-20-7-3-1-4-8-20)17-21-9-5-2-6-10-21/h1-14,24-25,27-29H,15-19H2/t24-,25+/m1/s1. The number of aliphatic hydroxyl groups is 3. The van der Waals surface area contributed by atoms with Gasteiger partial charge in [0.05, 0.1) is 18.8 Å². The molecule has 0 heterocycles. The molecule has 0 bridgehead atoms. The summed E-state index contributed by atoms with van der Waals surface area (Å²) in [7, 11) is 0. The van der Waals surface area contributed by atoms with Gasteiger partial charge in [-0.3, -0.25) is 4.90 Å². The molecule has 0 aliphatic rings. The van der Waals surface area contributed by atoms with E-state index in [-0.39, 0.29) is 13.0 Å². The SMILES string of the molecule is OCc1ccc([C@@H](O)C[C@@H](O)CN(Cc2ccccc2)Cc2ccccc2)cc1. The molecule has 3 N–H and O–H groups in total. The van der Waals surface area contributed by atoms with Gasteiger partial charge in [-0.05, 0) is 22.3 Å². The van der Waals surface area contributed by atoms with Crippen LogP contribution in [-0.2, 0) is 19.7 Å². The summed E-state index contributed by atoms with van der Waals surface area (Å²) >= 11 is 0. The van der Waals surface area contributed by atoms with Crippen molar-refractivity contribution in [2.75, 3.05) is 6.54 Å². The van der Waals surface area contributed by atoms with Gasteiger partial charge >= 0.3 is 0 Å². The Hall–Kier alpha value is -2.50. The molecule has 29 heavy (non-hydrogen) atoms. The van der Waals surface area contributed by atoms with Crippen molar-refractivity contribution >= 4 is 0 Å². The Morgan fingerprint density at radius 1 is 0.655 bits per heavy atom. The van der Waals surface area contributed by atoms with Gasteiger partial charge in [-0.2, -0.15) is 0 Å². The normalized spacial score (nSPS) is 13.4.